The highest BCUT2D eigenvalue weighted by molar-refractivity contribution is 5.68. The molecule has 0 aromatic carbocycles. The molecule has 4 unspecified atom stereocenters. The summed E-state index contributed by atoms with van der Waals surface area (Å²) in [6, 6.07) is 4.08. The van der Waals surface area contributed by atoms with Gasteiger partial charge in [-0.05, 0) is 38.8 Å². The maximum absolute atomic E-state index is 12.1. The predicted molar refractivity (Wildman–Crippen MR) is 91.8 cm³/mol. The molecular weight excluding hydrogens is 320 g/mol. The smallest absolute Gasteiger partial charge is 0.407 e. The molecule has 1 saturated carbocycles. The Bertz CT molecular complexity index is 685. The first-order chi connectivity index (χ1) is 11.8. The van der Waals surface area contributed by atoms with E-state index in [1.807, 2.05) is 44.6 Å². The lowest BCUT2D eigenvalue weighted by Gasteiger charge is -2.48. The number of nitrogens with one attached hydrogen (secondary N) is 2. The van der Waals surface area contributed by atoms with E-state index in [4.69, 9.17) is 14.7 Å². The molecule has 2 heterocycles. The normalized spacial score (nSPS) is 28.0. The van der Waals surface area contributed by atoms with E-state index in [0.717, 1.165) is 18.6 Å². The Hall–Kier alpha value is -2.04. The lowest BCUT2D eigenvalue weighted by molar-refractivity contribution is -0.0344. The Balaban J connectivity index is 1.60. The summed E-state index contributed by atoms with van der Waals surface area (Å²) in [5.74, 6) is 0.329. The summed E-state index contributed by atoms with van der Waals surface area (Å²) in [4.78, 5) is 12.1. The fraction of sp³-hybridized carbons (Fsp3) is 0.667. The highest BCUT2D eigenvalue weighted by atomic mass is 16.6. The molecule has 7 nitrogen and oxygen atoms in total. The van der Waals surface area contributed by atoms with E-state index in [1.54, 1.807) is 0 Å². The number of ether oxygens (including phenoxy) is 2. The first kappa shape index (κ1) is 17.8. The van der Waals surface area contributed by atoms with Crippen LogP contribution in [0.5, 0.6) is 0 Å². The van der Waals surface area contributed by atoms with Crippen LogP contribution in [0.25, 0.3) is 0 Å². The summed E-state index contributed by atoms with van der Waals surface area (Å²) in [5.41, 5.74) is 1.15. The number of aromatic nitrogens is 1. The monoisotopic (exact) mass is 346 g/mol. The first-order valence-corrected chi connectivity index (χ1v) is 8.68. The number of carbonyl (C=O) groups excluding carboxylic acids is 1. The van der Waals surface area contributed by atoms with E-state index >= 15 is 0 Å². The van der Waals surface area contributed by atoms with Crippen molar-refractivity contribution in [2.75, 3.05) is 6.61 Å². The van der Waals surface area contributed by atoms with Crippen LogP contribution in [0, 0.1) is 17.2 Å². The maximum atomic E-state index is 12.1. The molecule has 0 radical (unpaired) electrons. The standard InChI is InChI=1S/C18H26N4O3/c1-18(2,3)25-17(23)21-14-13-5-6-24-16(13)15(14)20-9-11-7-12(8-19)22(4)10-11/h7,10,13-16,20H,5-6,9H2,1-4H3,(H,21,23). The van der Waals surface area contributed by atoms with E-state index in [1.165, 1.54) is 0 Å². The Kier molecular flexibility index (Phi) is 4.76. The topological polar surface area (TPSA) is 88.3 Å². The molecule has 1 amide bonds. The third-order valence-electron chi connectivity index (χ3n) is 4.79. The Labute approximate surface area is 148 Å². The molecule has 2 aliphatic rings. The van der Waals surface area contributed by atoms with Crippen molar-refractivity contribution in [2.45, 2.75) is 57.5 Å². The molecule has 3 rings (SSSR count). The van der Waals surface area contributed by atoms with Crippen molar-refractivity contribution < 1.29 is 14.3 Å². The largest absolute Gasteiger partial charge is 0.444 e. The fourth-order valence-corrected chi connectivity index (χ4v) is 3.67. The average molecular weight is 346 g/mol. The van der Waals surface area contributed by atoms with Crippen molar-refractivity contribution in [2.24, 2.45) is 13.0 Å². The fourth-order valence-electron chi connectivity index (χ4n) is 3.67. The number of hydrogen-bond acceptors (Lipinski definition) is 5. The molecule has 2 fully saturated rings. The molecule has 1 aromatic heterocycles. The third-order valence-corrected chi connectivity index (χ3v) is 4.79. The van der Waals surface area contributed by atoms with Gasteiger partial charge in [-0.15, -0.1) is 0 Å². The highest BCUT2D eigenvalue weighted by Gasteiger charge is 2.54. The van der Waals surface area contributed by atoms with Crippen LogP contribution in [0.1, 0.15) is 38.4 Å². The van der Waals surface area contributed by atoms with Crippen molar-refractivity contribution in [1.82, 2.24) is 15.2 Å². The molecule has 1 aliphatic carbocycles. The molecule has 0 spiro atoms. The number of hydrogen-bond donors (Lipinski definition) is 2. The zero-order chi connectivity index (χ0) is 18.2. The molecule has 136 valence electrons. The number of amides is 1. The van der Waals surface area contributed by atoms with E-state index in [-0.39, 0.29) is 24.3 Å². The second kappa shape index (κ2) is 6.70. The van der Waals surface area contributed by atoms with Gasteiger partial charge < -0.3 is 24.7 Å². The van der Waals surface area contributed by atoms with Gasteiger partial charge in [0.15, 0.2) is 0 Å². The Morgan fingerprint density at radius 3 is 2.88 bits per heavy atom. The van der Waals surface area contributed by atoms with Crippen LogP contribution in [0.15, 0.2) is 12.3 Å². The van der Waals surface area contributed by atoms with E-state index in [9.17, 15) is 4.79 Å². The first-order valence-electron chi connectivity index (χ1n) is 8.68. The number of fused-ring (bicyclic) bond motifs is 1. The Morgan fingerprint density at radius 2 is 2.24 bits per heavy atom. The molecule has 7 heteroatoms. The van der Waals surface area contributed by atoms with Gasteiger partial charge in [0, 0.05) is 32.3 Å². The maximum Gasteiger partial charge on any atom is 0.407 e. The number of rotatable bonds is 4. The summed E-state index contributed by atoms with van der Waals surface area (Å²) in [6.07, 6.45) is 2.63. The van der Waals surface area contributed by atoms with Crippen LogP contribution in [0.4, 0.5) is 4.79 Å². The van der Waals surface area contributed by atoms with Gasteiger partial charge in [-0.3, -0.25) is 0 Å². The van der Waals surface area contributed by atoms with Gasteiger partial charge in [0.2, 0.25) is 0 Å². The van der Waals surface area contributed by atoms with Crippen LogP contribution in [0.2, 0.25) is 0 Å². The van der Waals surface area contributed by atoms with Crippen LogP contribution in [-0.4, -0.2) is 41.1 Å². The predicted octanol–water partition coefficient (Wildman–Crippen LogP) is 1.67. The summed E-state index contributed by atoms with van der Waals surface area (Å²) < 4.78 is 13.0. The Morgan fingerprint density at radius 1 is 1.48 bits per heavy atom. The SMILES string of the molecule is Cn1cc(CNC2C(NC(=O)OC(C)(C)C)C3CCOC32)cc1C#N. The minimum atomic E-state index is -0.514. The van der Waals surface area contributed by atoms with Gasteiger partial charge in [-0.1, -0.05) is 0 Å². The van der Waals surface area contributed by atoms with Gasteiger partial charge in [0.05, 0.1) is 18.2 Å². The molecular formula is C18H26N4O3. The summed E-state index contributed by atoms with van der Waals surface area (Å²) >= 11 is 0. The molecule has 1 aromatic rings. The van der Waals surface area contributed by atoms with Crippen LogP contribution >= 0.6 is 0 Å². The van der Waals surface area contributed by atoms with Crippen LogP contribution in [0.3, 0.4) is 0 Å². The minimum absolute atomic E-state index is 0.00139. The molecule has 25 heavy (non-hydrogen) atoms. The molecule has 1 saturated heterocycles. The van der Waals surface area contributed by atoms with E-state index < -0.39 is 5.60 Å². The average Bonchev–Trinajstić information content (AvgIpc) is 3.07. The number of aryl methyl sites for hydroxylation is 1. The third kappa shape index (κ3) is 3.80. The number of carbonyl (C=O) groups is 1. The number of nitriles is 1. The lowest BCUT2D eigenvalue weighted by Crippen LogP contribution is -2.70. The quantitative estimate of drug-likeness (QED) is 0.866. The minimum Gasteiger partial charge on any atom is -0.444 e. The second-order valence-corrected chi connectivity index (χ2v) is 7.82. The van der Waals surface area contributed by atoms with Crippen molar-refractivity contribution >= 4 is 6.09 Å². The van der Waals surface area contributed by atoms with Crippen molar-refractivity contribution in [3.63, 3.8) is 0 Å². The summed E-state index contributed by atoms with van der Waals surface area (Å²) in [5, 5.41) is 15.5. The van der Waals surface area contributed by atoms with Crippen molar-refractivity contribution in [3.05, 3.63) is 23.5 Å². The zero-order valence-electron chi connectivity index (χ0n) is 15.2. The summed E-state index contributed by atoms with van der Waals surface area (Å²) in [6.45, 7) is 6.91. The molecule has 0 bridgehead atoms. The lowest BCUT2D eigenvalue weighted by atomic mass is 9.71. The molecule has 1 aliphatic heterocycles. The van der Waals surface area contributed by atoms with Gasteiger partial charge in [0.1, 0.15) is 17.4 Å². The van der Waals surface area contributed by atoms with Crippen molar-refractivity contribution in [3.8, 4) is 6.07 Å². The van der Waals surface area contributed by atoms with E-state index in [2.05, 4.69) is 16.7 Å². The number of alkyl carbamates (subject to hydrolysis) is 1. The van der Waals surface area contributed by atoms with Gasteiger partial charge in [0.25, 0.3) is 0 Å². The van der Waals surface area contributed by atoms with Gasteiger partial charge >= 0.3 is 6.09 Å². The van der Waals surface area contributed by atoms with E-state index in [0.29, 0.717) is 18.2 Å². The van der Waals surface area contributed by atoms with Gasteiger partial charge in [-0.2, -0.15) is 5.26 Å². The zero-order valence-corrected chi connectivity index (χ0v) is 15.2. The summed E-state index contributed by atoms with van der Waals surface area (Å²) in [7, 11) is 1.86. The van der Waals surface area contributed by atoms with Crippen LogP contribution < -0.4 is 10.6 Å². The number of nitrogens with zero attached hydrogens (tertiary/aromatic N) is 2. The van der Waals surface area contributed by atoms with Crippen LogP contribution in [-0.2, 0) is 23.1 Å². The molecule has 4 atom stereocenters. The second-order valence-electron chi connectivity index (χ2n) is 7.82. The highest BCUT2D eigenvalue weighted by Crippen LogP contribution is 2.39. The van der Waals surface area contributed by atoms with Gasteiger partial charge in [-0.25, -0.2) is 4.79 Å². The van der Waals surface area contributed by atoms with Crippen molar-refractivity contribution in [1.29, 1.82) is 5.26 Å². The molecule has 2 N–H and O–H groups in total.